The summed E-state index contributed by atoms with van der Waals surface area (Å²) in [5.41, 5.74) is 3.19. The van der Waals surface area contributed by atoms with Crippen LogP contribution in [0.2, 0.25) is 0 Å². The van der Waals surface area contributed by atoms with Gasteiger partial charge in [-0.2, -0.15) is 0 Å². The van der Waals surface area contributed by atoms with Crippen LogP contribution >= 0.6 is 0 Å². The smallest absolute Gasteiger partial charge is 0.269 e. The Balaban J connectivity index is 1.70. The maximum Gasteiger partial charge on any atom is 0.269 e. The summed E-state index contributed by atoms with van der Waals surface area (Å²) < 4.78 is 26.6. The standard InChI is InChI=1S/C25H24N2O4S/c1-16(2)27-25(29)21-14-13-20(15-22(21)32(27,30)31)24(28)26-23(18-7-5-4-6-8-18)19-11-9-17(3)10-12-19/h4-16,23H,1-3H3,(H,26,28). The minimum Gasteiger partial charge on any atom is -0.341 e. The third kappa shape index (κ3) is 3.80. The number of sulfonamides is 1. The second kappa shape index (κ2) is 8.24. The predicted molar refractivity (Wildman–Crippen MR) is 122 cm³/mol. The van der Waals surface area contributed by atoms with E-state index in [-0.39, 0.29) is 16.0 Å². The Hall–Kier alpha value is -3.45. The first-order valence-corrected chi connectivity index (χ1v) is 11.8. The van der Waals surface area contributed by atoms with Crippen LogP contribution in [0, 0.1) is 6.92 Å². The maximum absolute atomic E-state index is 13.2. The number of fused-ring (bicyclic) bond motifs is 1. The zero-order chi connectivity index (χ0) is 23.0. The third-order valence-electron chi connectivity index (χ3n) is 5.50. The van der Waals surface area contributed by atoms with E-state index in [2.05, 4.69) is 5.32 Å². The molecule has 4 rings (SSSR count). The van der Waals surface area contributed by atoms with Crippen molar-refractivity contribution in [1.82, 2.24) is 9.62 Å². The molecule has 0 saturated carbocycles. The van der Waals surface area contributed by atoms with Crippen LogP contribution in [0.1, 0.15) is 57.3 Å². The van der Waals surface area contributed by atoms with Crippen molar-refractivity contribution < 1.29 is 18.0 Å². The summed E-state index contributed by atoms with van der Waals surface area (Å²) in [5, 5.41) is 3.02. The molecule has 7 heteroatoms. The topological polar surface area (TPSA) is 83.6 Å². The Morgan fingerprint density at radius 1 is 0.906 bits per heavy atom. The van der Waals surface area contributed by atoms with E-state index in [1.54, 1.807) is 13.8 Å². The minimum absolute atomic E-state index is 0.0911. The summed E-state index contributed by atoms with van der Waals surface area (Å²) in [6, 6.07) is 20.7. The quantitative estimate of drug-likeness (QED) is 0.638. The van der Waals surface area contributed by atoms with E-state index < -0.39 is 33.9 Å². The van der Waals surface area contributed by atoms with Gasteiger partial charge in [0.25, 0.3) is 21.8 Å². The molecule has 1 aliphatic rings. The van der Waals surface area contributed by atoms with E-state index in [1.807, 2.05) is 61.5 Å². The number of benzene rings is 3. The fourth-order valence-corrected chi connectivity index (χ4v) is 5.67. The highest BCUT2D eigenvalue weighted by Crippen LogP contribution is 2.33. The molecule has 3 aromatic rings. The normalized spacial score (nSPS) is 15.5. The van der Waals surface area contributed by atoms with Crippen LogP contribution in [0.4, 0.5) is 0 Å². The molecule has 32 heavy (non-hydrogen) atoms. The van der Waals surface area contributed by atoms with Crippen LogP contribution in [0.15, 0.2) is 77.7 Å². The zero-order valence-electron chi connectivity index (χ0n) is 18.1. The van der Waals surface area contributed by atoms with Crippen molar-refractivity contribution >= 4 is 21.8 Å². The van der Waals surface area contributed by atoms with Crippen molar-refractivity contribution in [3.8, 4) is 0 Å². The van der Waals surface area contributed by atoms with Crippen molar-refractivity contribution in [3.63, 3.8) is 0 Å². The first-order chi connectivity index (χ1) is 15.2. The van der Waals surface area contributed by atoms with E-state index in [1.165, 1.54) is 18.2 Å². The van der Waals surface area contributed by atoms with Gasteiger partial charge in [-0.15, -0.1) is 0 Å². The number of hydrogen-bond donors (Lipinski definition) is 1. The summed E-state index contributed by atoms with van der Waals surface area (Å²) in [4.78, 5) is 25.6. The Bertz CT molecular complexity index is 1280. The zero-order valence-corrected chi connectivity index (χ0v) is 18.9. The Kier molecular flexibility index (Phi) is 5.60. The van der Waals surface area contributed by atoms with Gasteiger partial charge in [0.05, 0.1) is 11.6 Å². The average Bonchev–Trinajstić information content (AvgIpc) is 2.98. The van der Waals surface area contributed by atoms with Crippen LogP contribution in [0.5, 0.6) is 0 Å². The molecule has 1 N–H and O–H groups in total. The number of aryl methyl sites for hydroxylation is 1. The molecule has 0 saturated heterocycles. The van der Waals surface area contributed by atoms with Gasteiger partial charge in [0.2, 0.25) is 0 Å². The monoisotopic (exact) mass is 448 g/mol. The lowest BCUT2D eigenvalue weighted by Gasteiger charge is -2.20. The number of nitrogens with one attached hydrogen (secondary N) is 1. The molecule has 0 fully saturated rings. The Morgan fingerprint density at radius 3 is 2.16 bits per heavy atom. The fraction of sp³-hybridized carbons (Fsp3) is 0.200. The third-order valence-corrected chi connectivity index (χ3v) is 7.50. The summed E-state index contributed by atoms with van der Waals surface area (Å²) in [5.74, 6) is -0.989. The molecule has 0 aromatic heterocycles. The molecular weight excluding hydrogens is 424 g/mol. The Morgan fingerprint density at radius 2 is 1.53 bits per heavy atom. The van der Waals surface area contributed by atoms with Crippen LogP contribution in [-0.2, 0) is 10.0 Å². The molecule has 0 bridgehead atoms. The van der Waals surface area contributed by atoms with Gasteiger partial charge in [0, 0.05) is 11.6 Å². The summed E-state index contributed by atoms with van der Waals surface area (Å²) in [7, 11) is -3.98. The molecule has 2 amide bonds. The average molecular weight is 449 g/mol. The number of rotatable bonds is 5. The van der Waals surface area contributed by atoms with E-state index >= 15 is 0 Å². The lowest BCUT2D eigenvalue weighted by Crippen LogP contribution is -2.36. The van der Waals surface area contributed by atoms with Gasteiger partial charge >= 0.3 is 0 Å². The fourth-order valence-electron chi connectivity index (χ4n) is 3.88. The highest BCUT2D eigenvalue weighted by Gasteiger charge is 2.43. The number of carbonyl (C=O) groups is 2. The molecule has 1 unspecified atom stereocenters. The van der Waals surface area contributed by atoms with Crippen molar-refractivity contribution in [2.24, 2.45) is 0 Å². The highest BCUT2D eigenvalue weighted by molar-refractivity contribution is 7.90. The van der Waals surface area contributed by atoms with Gasteiger partial charge in [-0.25, -0.2) is 12.7 Å². The van der Waals surface area contributed by atoms with E-state index in [4.69, 9.17) is 0 Å². The van der Waals surface area contributed by atoms with Crippen molar-refractivity contribution in [3.05, 3.63) is 101 Å². The minimum atomic E-state index is -3.98. The molecule has 1 atom stereocenters. The molecule has 3 aromatic carbocycles. The largest absolute Gasteiger partial charge is 0.341 e. The van der Waals surface area contributed by atoms with Crippen LogP contribution in [0.25, 0.3) is 0 Å². The number of amides is 2. The number of nitrogens with zero attached hydrogens (tertiary/aromatic N) is 1. The van der Waals surface area contributed by atoms with E-state index in [9.17, 15) is 18.0 Å². The lowest BCUT2D eigenvalue weighted by atomic mass is 9.97. The second-order valence-electron chi connectivity index (χ2n) is 8.14. The van der Waals surface area contributed by atoms with Gasteiger partial charge in [0.1, 0.15) is 4.90 Å². The van der Waals surface area contributed by atoms with Crippen LogP contribution < -0.4 is 5.32 Å². The number of carbonyl (C=O) groups excluding carboxylic acids is 2. The van der Waals surface area contributed by atoms with Gasteiger partial charge in [-0.05, 0) is 50.1 Å². The van der Waals surface area contributed by atoms with Crippen LogP contribution in [-0.4, -0.2) is 30.6 Å². The first kappa shape index (κ1) is 21.8. The maximum atomic E-state index is 13.2. The van der Waals surface area contributed by atoms with E-state index in [0.29, 0.717) is 0 Å². The summed E-state index contributed by atoms with van der Waals surface area (Å²) in [6.07, 6.45) is 0. The molecule has 6 nitrogen and oxygen atoms in total. The van der Waals surface area contributed by atoms with Crippen molar-refractivity contribution in [2.45, 2.75) is 37.8 Å². The van der Waals surface area contributed by atoms with Gasteiger partial charge in [0.15, 0.2) is 0 Å². The molecular formula is C25H24N2O4S. The predicted octanol–water partition coefficient (Wildman–Crippen LogP) is 4.07. The SMILES string of the molecule is Cc1ccc(C(NC(=O)c2ccc3c(c2)S(=O)(=O)N(C(C)C)C3=O)c2ccccc2)cc1. The Labute approximate surface area is 187 Å². The van der Waals surface area contributed by atoms with Crippen molar-refractivity contribution in [2.75, 3.05) is 0 Å². The van der Waals surface area contributed by atoms with Crippen molar-refractivity contribution in [1.29, 1.82) is 0 Å². The summed E-state index contributed by atoms with van der Waals surface area (Å²) in [6.45, 7) is 5.27. The van der Waals surface area contributed by atoms with Crippen LogP contribution in [0.3, 0.4) is 0 Å². The van der Waals surface area contributed by atoms with Gasteiger partial charge in [-0.1, -0.05) is 60.2 Å². The molecule has 164 valence electrons. The second-order valence-corrected chi connectivity index (χ2v) is 9.92. The molecule has 1 heterocycles. The summed E-state index contributed by atoms with van der Waals surface area (Å²) >= 11 is 0. The molecule has 0 aliphatic carbocycles. The molecule has 1 aliphatic heterocycles. The van der Waals surface area contributed by atoms with Gasteiger partial charge in [-0.3, -0.25) is 9.59 Å². The van der Waals surface area contributed by atoms with Gasteiger partial charge < -0.3 is 5.32 Å². The first-order valence-electron chi connectivity index (χ1n) is 10.4. The lowest BCUT2D eigenvalue weighted by molar-refractivity contribution is 0.0845. The van der Waals surface area contributed by atoms with E-state index in [0.717, 1.165) is 21.0 Å². The number of hydrogen-bond acceptors (Lipinski definition) is 4. The molecule has 0 spiro atoms. The highest BCUT2D eigenvalue weighted by atomic mass is 32.2. The molecule has 0 radical (unpaired) electrons.